The highest BCUT2D eigenvalue weighted by Crippen LogP contribution is 2.31. The zero-order chi connectivity index (χ0) is 23.3. The number of hydrazine groups is 1. The molecule has 0 radical (unpaired) electrons. The molecule has 0 amide bonds. The number of ether oxygens (including phenoxy) is 1. The van der Waals surface area contributed by atoms with E-state index >= 15 is 0 Å². The standard InChI is InChI=1S/C23H24Cl2N6O/c1-14-10-16(26)5-8-21(14)32-17-6-7-20(31(2)28)15(11-17)4-3-9-29-19-13-30-22(24)12-18(19)23(25)27/h5-13,27H,3-4,26,28H2,1-2H3. The van der Waals surface area contributed by atoms with Crippen LogP contribution in [0.3, 0.4) is 0 Å². The Bertz CT molecular complexity index is 1160. The molecule has 0 unspecified atom stereocenters. The van der Waals surface area contributed by atoms with Gasteiger partial charge in [-0.25, -0.2) is 10.8 Å². The highest BCUT2D eigenvalue weighted by molar-refractivity contribution is 6.69. The first-order valence-electron chi connectivity index (χ1n) is 9.82. The average Bonchev–Trinajstić information content (AvgIpc) is 2.74. The van der Waals surface area contributed by atoms with E-state index in [-0.39, 0.29) is 10.3 Å². The number of hydrogen-bond donors (Lipinski definition) is 3. The number of nitrogen functional groups attached to an aromatic ring is 1. The number of benzene rings is 2. The first-order chi connectivity index (χ1) is 15.2. The number of pyridine rings is 1. The second-order valence-corrected chi connectivity index (χ2v) is 7.98. The van der Waals surface area contributed by atoms with Crippen LogP contribution in [-0.2, 0) is 6.42 Å². The molecule has 0 aliphatic carbocycles. The molecule has 1 heterocycles. The van der Waals surface area contributed by atoms with Gasteiger partial charge in [0.2, 0.25) is 0 Å². The molecule has 2 aromatic carbocycles. The number of nitrogens with zero attached hydrogens (tertiary/aromatic N) is 3. The monoisotopic (exact) mass is 470 g/mol. The Kier molecular flexibility index (Phi) is 7.69. The summed E-state index contributed by atoms with van der Waals surface area (Å²) < 4.78 is 6.06. The number of nitrogens with two attached hydrogens (primary N) is 2. The number of hydrogen-bond acceptors (Lipinski definition) is 7. The van der Waals surface area contributed by atoms with Gasteiger partial charge in [-0.05, 0) is 73.4 Å². The average molecular weight is 471 g/mol. The van der Waals surface area contributed by atoms with Crippen molar-refractivity contribution in [3.8, 4) is 11.5 Å². The van der Waals surface area contributed by atoms with Gasteiger partial charge >= 0.3 is 0 Å². The van der Waals surface area contributed by atoms with Gasteiger partial charge in [0.15, 0.2) is 0 Å². The maximum Gasteiger partial charge on any atom is 0.130 e. The van der Waals surface area contributed by atoms with Crippen molar-refractivity contribution in [2.75, 3.05) is 17.8 Å². The number of nitrogens with one attached hydrogen (secondary N) is 1. The molecule has 166 valence electrons. The van der Waals surface area contributed by atoms with Gasteiger partial charge in [0.25, 0.3) is 0 Å². The van der Waals surface area contributed by atoms with E-state index in [4.69, 9.17) is 44.9 Å². The maximum absolute atomic E-state index is 7.67. The molecule has 0 saturated heterocycles. The molecule has 7 nitrogen and oxygen atoms in total. The normalized spacial score (nSPS) is 11.0. The minimum Gasteiger partial charge on any atom is -0.457 e. The summed E-state index contributed by atoms with van der Waals surface area (Å²) in [6.45, 7) is 1.95. The minimum absolute atomic E-state index is 0.142. The van der Waals surface area contributed by atoms with Gasteiger partial charge in [-0.2, -0.15) is 0 Å². The number of aliphatic imine (C=N–C) groups is 1. The Hall–Kier alpha value is -3.13. The SMILES string of the molecule is Cc1cc(N)ccc1Oc1ccc(N(C)N)c(CCC=Nc2cnc(Cl)cc2C(=N)Cl)c1. The summed E-state index contributed by atoms with van der Waals surface area (Å²) in [7, 11) is 1.79. The summed E-state index contributed by atoms with van der Waals surface area (Å²) >= 11 is 11.7. The molecule has 0 spiro atoms. The lowest BCUT2D eigenvalue weighted by molar-refractivity contribution is 0.478. The highest BCUT2D eigenvalue weighted by Gasteiger charge is 2.10. The van der Waals surface area contributed by atoms with Crippen molar-refractivity contribution < 1.29 is 4.74 Å². The fourth-order valence-electron chi connectivity index (χ4n) is 3.17. The molecule has 0 aliphatic heterocycles. The fraction of sp³-hybridized carbons (Fsp3) is 0.174. The summed E-state index contributed by atoms with van der Waals surface area (Å²) in [5.41, 5.74) is 10.3. The molecule has 1 aromatic heterocycles. The molecule has 3 rings (SSSR count). The van der Waals surface area contributed by atoms with E-state index in [2.05, 4.69) is 9.98 Å². The first-order valence-corrected chi connectivity index (χ1v) is 10.6. The Labute approximate surface area is 197 Å². The summed E-state index contributed by atoms with van der Waals surface area (Å²) in [5, 5.41) is 9.36. The quantitative estimate of drug-likeness (QED) is 0.130. The largest absolute Gasteiger partial charge is 0.457 e. The van der Waals surface area contributed by atoms with E-state index in [0.717, 1.165) is 22.6 Å². The second-order valence-electron chi connectivity index (χ2n) is 7.22. The molecule has 9 heteroatoms. The highest BCUT2D eigenvalue weighted by atomic mass is 35.5. The van der Waals surface area contributed by atoms with Crippen molar-refractivity contribution in [2.24, 2.45) is 10.8 Å². The Balaban J connectivity index is 1.77. The third-order valence-corrected chi connectivity index (χ3v) is 5.13. The first kappa shape index (κ1) is 23.5. The lowest BCUT2D eigenvalue weighted by atomic mass is 10.1. The lowest BCUT2D eigenvalue weighted by Crippen LogP contribution is -2.26. The van der Waals surface area contributed by atoms with E-state index < -0.39 is 0 Å². The van der Waals surface area contributed by atoms with Crippen LogP contribution in [-0.4, -0.2) is 23.4 Å². The smallest absolute Gasteiger partial charge is 0.130 e. The predicted molar refractivity (Wildman–Crippen MR) is 133 cm³/mol. The zero-order valence-corrected chi connectivity index (χ0v) is 19.3. The van der Waals surface area contributed by atoms with E-state index in [0.29, 0.717) is 35.5 Å². The van der Waals surface area contributed by atoms with Crippen LogP contribution < -0.4 is 21.3 Å². The third kappa shape index (κ3) is 5.97. The van der Waals surface area contributed by atoms with Crippen LogP contribution in [0.4, 0.5) is 17.1 Å². The van der Waals surface area contributed by atoms with Crippen molar-refractivity contribution in [1.29, 1.82) is 5.41 Å². The predicted octanol–water partition coefficient (Wildman–Crippen LogP) is 5.63. The van der Waals surface area contributed by atoms with Gasteiger partial charge in [0.1, 0.15) is 21.8 Å². The molecular weight excluding hydrogens is 447 g/mol. The molecule has 3 aromatic rings. The number of anilines is 2. The Morgan fingerprint density at radius 3 is 2.72 bits per heavy atom. The van der Waals surface area contributed by atoms with Gasteiger partial charge in [0, 0.05) is 24.5 Å². The van der Waals surface area contributed by atoms with E-state index in [1.807, 2.05) is 43.3 Å². The van der Waals surface area contributed by atoms with Gasteiger partial charge < -0.3 is 15.5 Å². The lowest BCUT2D eigenvalue weighted by Gasteiger charge is -2.18. The fourth-order valence-corrected chi connectivity index (χ4v) is 3.48. The van der Waals surface area contributed by atoms with Crippen LogP contribution in [0.5, 0.6) is 11.5 Å². The number of rotatable bonds is 8. The summed E-state index contributed by atoms with van der Waals surface area (Å²) in [6.07, 6.45) is 4.55. The van der Waals surface area contributed by atoms with Gasteiger partial charge in [-0.1, -0.05) is 23.2 Å². The van der Waals surface area contributed by atoms with Crippen molar-refractivity contribution in [1.82, 2.24) is 4.98 Å². The van der Waals surface area contributed by atoms with Gasteiger partial charge in [0.05, 0.1) is 17.6 Å². The molecule has 0 aliphatic rings. The van der Waals surface area contributed by atoms with E-state index in [1.54, 1.807) is 18.3 Å². The molecule has 5 N–H and O–H groups in total. The molecule has 0 bridgehead atoms. The third-order valence-electron chi connectivity index (χ3n) is 4.72. The van der Waals surface area contributed by atoms with Crippen molar-refractivity contribution in [2.45, 2.75) is 19.8 Å². The molecular formula is C23H24Cl2N6O. The van der Waals surface area contributed by atoms with Crippen LogP contribution in [0.1, 0.15) is 23.1 Å². The topological polar surface area (TPSA) is 114 Å². The Morgan fingerprint density at radius 2 is 2.03 bits per heavy atom. The second kappa shape index (κ2) is 10.5. The number of aromatic nitrogens is 1. The minimum atomic E-state index is -0.142. The maximum atomic E-state index is 7.67. The summed E-state index contributed by atoms with van der Waals surface area (Å²) in [5.74, 6) is 7.45. The van der Waals surface area contributed by atoms with Gasteiger partial charge in [-0.3, -0.25) is 10.4 Å². The van der Waals surface area contributed by atoms with Crippen molar-refractivity contribution in [3.63, 3.8) is 0 Å². The van der Waals surface area contributed by atoms with Gasteiger partial charge in [-0.15, -0.1) is 0 Å². The van der Waals surface area contributed by atoms with Crippen LogP contribution in [0.15, 0.2) is 53.7 Å². The van der Waals surface area contributed by atoms with E-state index in [9.17, 15) is 0 Å². The van der Waals surface area contributed by atoms with Crippen LogP contribution >= 0.6 is 23.2 Å². The number of aryl methyl sites for hydroxylation is 2. The van der Waals surface area contributed by atoms with E-state index in [1.165, 1.54) is 12.3 Å². The molecule has 0 fully saturated rings. The van der Waals surface area contributed by atoms with Crippen molar-refractivity contribution >= 4 is 51.6 Å². The number of halogens is 2. The van der Waals surface area contributed by atoms with Crippen molar-refractivity contribution in [3.05, 3.63) is 70.5 Å². The zero-order valence-electron chi connectivity index (χ0n) is 17.8. The van der Waals surface area contributed by atoms with Crippen LogP contribution in [0.25, 0.3) is 0 Å². The van der Waals surface area contributed by atoms with Crippen LogP contribution in [0.2, 0.25) is 5.15 Å². The summed E-state index contributed by atoms with van der Waals surface area (Å²) in [6, 6.07) is 12.8. The summed E-state index contributed by atoms with van der Waals surface area (Å²) in [4.78, 5) is 8.42. The molecule has 0 saturated carbocycles. The Morgan fingerprint density at radius 1 is 1.25 bits per heavy atom. The molecule has 0 atom stereocenters. The van der Waals surface area contributed by atoms with Crippen LogP contribution in [0, 0.1) is 12.3 Å². The molecule has 32 heavy (non-hydrogen) atoms.